The van der Waals surface area contributed by atoms with E-state index in [4.69, 9.17) is 17.2 Å². The van der Waals surface area contributed by atoms with Crippen LogP contribution < -0.4 is 33.2 Å². The molecule has 0 unspecified atom stereocenters. The van der Waals surface area contributed by atoms with Gasteiger partial charge in [0.05, 0.1) is 19.0 Å². The maximum atomic E-state index is 13.5. The standard InChI is InChI=1S/C27H42N8O8/c1-15(2)22(26(42)43)34-24(40)19(12-16-8-5-4-6-9-16)35(3)25(41)18(13-21(37)38)33-20(36)14-32-23(39)17(28)10-7-11-31-27(29)30/h4-6,8-9,15,17-19,22H,7,10-14,28H2,1-3H3,(H,32,39)(H,33,36)(H,34,40)(H,37,38)(H,42,43)(H4,29,30,31)/t17-,18-,19+,22-/m0/s1. The number of hydrogen-bond acceptors (Lipinski definition) is 8. The summed E-state index contributed by atoms with van der Waals surface area (Å²) in [5, 5.41) is 26.0. The third kappa shape index (κ3) is 13.2. The number of nitrogens with zero attached hydrogens (tertiary/aromatic N) is 2. The van der Waals surface area contributed by atoms with E-state index >= 15 is 0 Å². The summed E-state index contributed by atoms with van der Waals surface area (Å²) in [6, 6.07) is 3.54. The fraction of sp³-hybridized carbons (Fsp3) is 0.519. The molecule has 0 radical (unpaired) electrons. The van der Waals surface area contributed by atoms with Crippen molar-refractivity contribution in [1.82, 2.24) is 20.9 Å². The van der Waals surface area contributed by atoms with Crippen LogP contribution >= 0.6 is 0 Å². The number of amides is 4. The summed E-state index contributed by atoms with van der Waals surface area (Å²) in [5.74, 6) is -6.46. The van der Waals surface area contributed by atoms with E-state index in [1.54, 1.807) is 44.2 Å². The van der Waals surface area contributed by atoms with Crippen LogP contribution in [0.4, 0.5) is 0 Å². The van der Waals surface area contributed by atoms with Crippen molar-refractivity contribution in [2.24, 2.45) is 28.1 Å². The van der Waals surface area contributed by atoms with E-state index in [9.17, 15) is 39.0 Å². The number of likely N-dealkylation sites (N-methyl/N-ethyl adjacent to an activating group) is 1. The van der Waals surface area contributed by atoms with Crippen LogP contribution in [0.2, 0.25) is 0 Å². The minimum atomic E-state index is -1.60. The summed E-state index contributed by atoms with van der Waals surface area (Å²) < 4.78 is 0. The quantitative estimate of drug-likeness (QED) is 0.0501. The highest BCUT2D eigenvalue weighted by molar-refractivity contribution is 5.96. The van der Waals surface area contributed by atoms with Crippen molar-refractivity contribution in [2.45, 2.75) is 63.7 Å². The molecular formula is C27H42N8O8. The molecule has 1 aromatic rings. The lowest BCUT2D eigenvalue weighted by Gasteiger charge is -2.32. The number of rotatable bonds is 18. The van der Waals surface area contributed by atoms with Crippen molar-refractivity contribution < 1.29 is 39.0 Å². The highest BCUT2D eigenvalue weighted by Crippen LogP contribution is 2.13. The smallest absolute Gasteiger partial charge is 0.326 e. The lowest BCUT2D eigenvalue weighted by molar-refractivity contribution is -0.148. The molecular weight excluding hydrogens is 564 g/mol. The highest BCUT2D eigenvalue weighted by Gasteiger charge is 2.35. The van der Waals surface area contributed by atoms with Crippen molar-refractivity contribution >= 4 is 41.5 Å². The average Bonchev–Trinajstić information content (AvgIpc) is 2.94. The largest absolute Gasteiger partial charge is 0.481 e. The predicted molar refractivity (Wildman–Crippen MR) is 156 cm³/mol. The fourth-order valence-corrected chi connectivity index (χ4v) is 3.97. The molecule has 0 aliphatic rings. The molecule has 0 spiro atoms. The Morgan fingerprint density at radius 3 is 2.14 bits per heavy atom. The van der Waals surface area contributed by atoms with Gasteiger partial charge in [-0.15, -0.1) is 0 Å². The van der Waals surface area contributed by atoms with E-state index in [-0.39, 0.29) is 25.3 Å². The number of carbonyl (C=O) groups is 6. The van der Waals surface area contributed by atoms with Crippen LogP contribution in [0.25, 0.3) is 0 Å². The van der Waals surface area contributed by atoms with Crippen LogP contribution in [0.5, 0.6) is 0 Å². The molecule has 11 N–H and O–H groups in total. The maximum Gasteiger partial charge on any atom is 0.326 e. The number of aliphatic carboxylic acids is 2. The second kappa shape index (κ2) is 17.9. The van der Waals surface area contributed by atoms with Gasteiger partial charge in [0, 0.05) is 20.0 Å². The van der Waals surface area contributed by atoms with Crippen molar-refractivity contribution in [1.29, 1.82) is 0 Å². The van der Waals surface area contributed by atoms with Crippen molar-refractivity contribution in [3.05, 3.63) is 35.9 Å². The number of carboxylic acid groups (broad SMARTS) is 2. The lowest BCUT2D eigenvalue weighted by Crippen LogP contribution is -2.58. The second-order valence-corrected chi connectivity index (χ2v) is 10.2. The van der Waals surface area contributed by atoms with Gasteiger partial charge in [0.15, 0.2) is 5.96 Å². The van der Waals surface area contributed by atoms with Gasteiger partial charge in [0.1, 0.15) is 18.1 Å². The number of carbonyl (C=O) groups excluding carboxylic acids is 4. The van der Waals surface area contributed by atoms with Crippen LogP contribution in [0, 0.1) is 5.92 Å². The Morgan fingerprint density at radius 2 is 1.60 bits per heavy atom. The van der Waals surface area contributed by atoms with Gasteiger partial charge in [-0.1, -0.05) is 44.2 Å². The number of nitrogens with two attached hydrogens (primary N) is 3. The molecule has 4 amide bonds. The summed E-state index contributed by atoms with van der Waals surface area (Å²) >= 11 is 0. The van der Waals surface area contributed by atoms with Crippen molar-refractivity contribution in [3.63, 3.8) is 0 Å². The molecule has 0 fully saturated rings. The molecule has 16 heteroatoms. The zero-order chi connectivity index (χ0) is 32.7. The summed E-state index contributed by atoms with van der Waals surface area (Å²) in [6.45, 7) is 2.87. The Morgan fingerprint density at radius 1 is 0.977 bits per heavy atom. The molecule has 0 aliphatic heterocycles. The summed E-state index contributed by atoms with van der Waals surface area (Å²) in [7, 11) is 1.25. The van der Waals surface area contributed by atoms with E-state index in [2.05, 4.69) is 20.9 Å². The number of aliphatic imine (C=N–C) groups is 1. The first kappa shape index (κ1) is 36.3. The SMILES string of the molecule is CC(C)[C@H](NC(=O)[C@@H](Cc1ccccc1)N(C)C(=O)[C@H](CC(=O)O)NC(=O)CNC(=O)[C@@H](N)CCCN=C(N)N)C(=O)O. The van der Waals surface area contributed by atoms with E-state index in [0.717, 1.165) is 4.90 Å². The first-order chi connectivity index (χ1) is 20.1. The molecule has 0 aliphatic carbocycles. The lowest BCUT2D eigenvalue weighted by atomic mass is 10.00. The molecule has 1 aromatic carbocycles. The molecule has 0 saturated carbocycles. The first-order valence-electron chi connectivity index (χ1n) is 13.6. The van der Waals surface area contributed by atoms with Crippen LogP contribution in [0.15, 0.2) is 35.3 Å². The van der Waals surface area contributed by atoms with Gasteiger partial charge in [-0.3, -0.25) is 29.0 Å². The number of benzene rings is 1. The average molecular weight is 607 g/mol. The molecule has 238 valence electrons. The van der Waals surface area contributed by atoms with Crippen molar-refractivity contribution in [3.8, 4) is 0 Å². The molecule has 0 aromatic heterocycles. The van der Waals surface area contributed by atoms with Crippen LogP contribution in [0.1, 0.15) is 38.7 Å². The highest BCUT2D eigenvalue weighted by atomic mass is 16.4. The molecule has 43 heavy (non-hydrogen) atoms. The minimum absolute atomic E-state index is 0.0236. The monoisotopic (exact) mass is 606 g/mol. The van der Waals surface area contributed by atoms with Gasteiger partial charge >= 0.3 is 11.9 Å². The predicted octanol–water partition coefficient (Wildman–Crippen LogP) is -2.26. The van der Waals surface area contributed by atoms with Crippen molar-refractivity contribution in [2.75, 3.05) is 20.1 Å². The van der Waals surface area contributed by atoms with Gasteiger partial charge in [0.2, 0.25) is 23.6 Å². The van der Waals surface area contributed by atoms with Crippen LogP contribution in [-0.2, 0) is 35.2 Å². The molecule has 0 saturated heterocycles. The number of hydrogen-bond donors (Lipinski definition) is 8. The first-order valence-corrected chi connectivity index (χ1v) is 13.6. The Balaban J connectivity index is 3.03. The van der Waals surface area contributed by atoms with E-state index < -0.39 is 78.6 Å². The Labute approximate surface area is 249 Å². The Bertz CT molecular complexity index is 1160. The fourth-order valence-electron chi connectivity index (χ4n) is 3.97. The number of nitrogens with one attached hydrogen (secondary N) is 3. The molecule has 4 atom stereocenters. The second-order valence-electron chi connectivity index (χ2n) is 10.2. The number of guanidine groups is 1. The van der Waals surface area contributed by atoms with Gasteiger partial charge in [-0.2, -0.15) is 0 Å². The molecule has 16 nitrogen and oxygen atoms in total. The molecule has 1 rings (SSSR count). The topological polar surface area (TPSA) is 273 Å². The summed E-state index contributed by atoms with van der Waals surface area (Å²) in [5.41, 5.74) is 16.9. The third-order valence-corrected chi connectivity index (χ3v) is 6.36. The zero-order valence-electron chi connectivity index (χ0n) is 24.5. The van der Waals surface area contributed by atoms with E-state index in [1.807, 2.05) is 0 Å². The number of carboxylic acids is 2. The van der Waals surface area contributed by atoms with E-state index in [1.165, 1.54) is 7.05 Å². The third-order valence-electron chi connectivity index (χ3n) is 6.36. The molecule has 0 heterocycles. The van der Waals surface area contributed by atoms with E-state index in [0.29, 0.717) is 12.0 Å². The summed E-state index contributed by atoms with van der Waals surface area (Å²) in [4.78, 5) is 79.6. The van der Waals surface area contributed by atoms with Gasteiger partial charge < -0.3 is 48.3 Å². The van der Waals surface area contributed by atoms with Crippen LogP contribution in [0.3, 0.4) is 0 Å². The van der Waals surface area contributed by atoms with Gasteiger partial charge in [-0.05, 0) is 24.3 Å². The minimum Gasteiger partial charge on any atom is -0.481 e. The summed E-state index contributed by atoms with van der Waals surface area (Å²) in [6.07, 6.45) is -0.220. The molecule has 0 bridgehead atoms. The Kier molecular flexibility index (Phi) is 15.1. The zero-order valence-corrected chi connectivity index (χ0v) is 24.5. The van der Waals surface area contributed by atoms with Crippen LogP contribution in [-0.4, -0.2) is 101 Å². The van der Waals surface area contributed by atoms with Gasteiger partial charge in [0.25, 0.3) is 0 Å². The Hall–Kier alpha value is -4.73. The normalized spacial score (nSPS) is 13.5. The van der Waals surface area contributed by atoms with Gasteiger partial charge in [-0.25, -0.2) is 4.79 Å². The maximum absolute atomic E-state index is 13.5.